The SMILES string of the molecule is Cl.O=c1c2cccnc2n(-c2cccc([N+](=O)[O-])c2)c(=O)n1Cc1ccncc1. The van der Waals surface area contributed by atoms with Crippen molar-refractivity contribution in [2.24, 2.45) is 0 Å². The molecule has 0 spiro atoms. The Labute approximate surface area is 169 Å². The first-order valence-electron chi connectivity index (χ1n) is 8.30. The zero-order chi connectivity index (χ0) is 19.7. The van der Waals surface area contributed by atoms with Crippen molar-refractivity contribution in [2.75, 3.05) is 0 Å². The van der Waals surface area contributed by atoms with E-state index < -0.39 is 16.2 Å². The molecule has 0 fully saturated rings. The third-order valence-electron chi connectivity index (χ3n) is 4.29. The summed E-state index contributed by atoms with van der Waals surface area (Å²) in [5.41, 5.74) is -0.154. The lowest BCUT2D eigenvalue weighted by Crippen LogP contribution is -2.40. The Kier molecular flexibility index (Phi) is 5.51. The Balaban J connectivity index is 0.00000240. The quantitative estimate of drug-likeness (QED) is 0.376. The minimum absolute atomic E-state index is 0. The average Bonchev–Trinajstić information content (AvgIpc) is 2.72. The van der Waals surface area contributed by atoms with Crippen molar-refractivity contribution in [1.82, 2.24) is 19.1 Å². The van der Waals surface area contributed by atoms with Gasteiger partial charge in [-0.2, -0.15) is 0 Å². The molecule has 0 unspecified atom stereocenters. The van der Waals surface area contributed by atoms with Crippen LogP contribution in [0.4, 0.5) is 5.69 Å². The van der Waals surface area contributed by atoms with Crippen LogP contribution in [0, 0.1) is 10.1 Å². The zero-order valence-electron chi connectivity index (χ0n) is 14.8. The first-order chi connectivity index (χ1) is 13.6. The number of nitro groups is 1. The van der Waals surface area contributed by atoms with E-state index in [0.29, 0.717) is 0 Å². The number of hydrogen-bond donors (Lipinski definition) is 0. The van der Waals surface area contributed by atoms with Gasteiger partial charge in [-0.3, -0.25) is 24.5 Å². The van der Waals surface area contributed by atoms with Crippen molar-refractivity contribution in [3.8, 4) is 5.69 Å². The zero-order valence-corrected chi connectivity index (χ0v) is 15.7. The molecule has 3 aromatic heterocycles. The van der Waals surface area contributed by atoms with Crippen LogP contribution in [0.5, 0.6) is 0 Å². The van der Waals surface area contributed by atoms with Crippen molar-refractivity contribution in [3.63, 3.8) is 0 Å². The lowest BCUT2D eigenvalue weighted by atomic mass is 10.2. The fourth-order valence-electron chi connectivity index (χ4n) is 2.97. The molecule has 0 aliphatic heterocycles. The fraction of sp³-hybridized carbons (Fsp3) is 0.0526. The molecule has 4 aromatic rings. The minimum atomic E-state index is -0.631. The van der Waals surface area contributed by atoms with Crippen LogP contribution in [0.2, 0.25) is 0 Å². The summed E-state index contributed by atoms with van der Waals surface area (Å²) in [6.45, 7) is 0.0416. The minimum Gasteiger partial charge on any atom is -0.268 e. The van der Waals surface area contributed by atoms with Gasteiger partial charge in [-0.1, -0.05) is 6.07 Å². The number of rotatable bonds is 4. The van der Waals surface area contributed by atoms with Crippen LogP contribution in [0.15, 0.2) is 76.7 Å². The largest absolute Gasteiger partial charge is 0.337 e. The molecule has 0 saturated carbocycles. The van der Waals surface area contributed by atoms with Gasteiger partial charge in [0, 0.05) is 30.7 Å². The van der Waals surface area contributed by atoms with Crippen LogP contribution in [-0.2, 0) is 6.54 Å². The van der Waals surface area contributed by atoms with E-state index in [9.17, 15) is 19.7 Å². The number of aromatic nitrogens is 4. The first kappa shape index (κ1) is 19.9. The number of pyridine rings is 2. The third kappa shape index (κ3) is 3.63. The van der Waals surface area contributed by atoms with Gasteiger partial charge in [-0.25, -0.2) is 14.3 Å². The molecule has 0 N–H and O–H groups in total. The molecule has 10 heteroatoms. The van der Waals surface area contributed by atoms with Crippen LogP contribution in [-0.4, -0.2) is 24.0 Å². The summed E-state index contributed by atoms with van der Waals surface area (Å²) in [5, 5.41) is 11.4. The van der Waals surface area contributed by atoms with Gasteiger partial charge < -0.3 is 0 Å². The summed E-state index contributed by atoms with van der Waals surface area (Å²) in [6.07, 6.45) is 4.60. The van der Waals surface area contributed by atoms with Gasteiger partial charge in [-0.15, -0.1) is 12.4 Å². The van der Waals surface area contributed by atoms with E-state index in [1.165, 1.54) is 29.0 Å². The number of non-ortho nitro benzene ring substituents is 1. The van der Waals surface area contributed by atoms with Crippen molar-refractivity contribution < 1.29 is 4.92 Å². The van der Waals surface area contributed by atoms with Gasteiger partial charge in [0.1, 0.15) is 0 Å². The molecule has 0 saturated heterocycles. The summed E-state index contributed by atoms with van der Waals surface area (Å²) in [5.74, 6) is 0. The smallest absolute Gasteiger partial charge is 0.268 e. The number of hydrogen-bond acceptors (Lipinski definition) is 6. The molecule has 0 amide bonds. The third-order valence-corrected chi connectivity index (χ3v) is 4.29. The lowest BCUT2D eigenvalue weighted by molar-refractivity contribution is -0.384. The maximum atomic E-state index is 13.2. The van der Waals surface area contributed by atoms with Gasteiger partial charge >= 0.3 is 5.69 Å². The van der Waals surface area contributed by atoms with E-state index in [-0.39, 0.29) is 41.4 Å². The fourth-order valence-corrected chi connectivity index (χ4v) is 2.97. The summed E-state index contributed by atoms with van der Waals surface area (Å²) in [4.78, 5) is 44.8. The Morgan fingerprint density at radius 3 is 2.48 bits per heavy atom. The number of benzene rings is 1. The highest BCUT2D eigenvalue weighted by Crippen LogP contribution is 2.18. The van der Waals surface area contributed by atoms with Gasteiger partial charge in [0.05, 0.1) is 22.5 Å². The predicted octanol–water partition coefficient (Wildman–Crippen LogP) is 2.32. The summed E-state index contributed by atoms with van der Waals surface area (Å²) >= 11 is 0. The normalized spacial score (nSPS) is 10.5. The Hall–Kier alpha value is -3.85. The molecule has 0 aliphatic carbocycles. The molecule has 0 aliphatic rings. The van der Waals surface area contributed by atoms with Crippen molar-refractivity contribution in [1.29, 1.82) is 0 Å². The van der Waals surface area contributed by atoms with Gasteiger partial charge in [0.25, 0.3) is 11.2 Å². The number of nitro benzene ring substituents is 1. The highest BCUT2D eigenvalue weighted by Gasteiger charge is 2.17. The van der Waals surface area contributed by atoms with E-state index in [1.54, 1.807) is 42.7 Å². The van der Waals surface area contributed by atoms with Gasteiger partial charge in [0.15, 0.2) is 5.65 Å². The molecule has 0 atom stereocenters. The monoisotopic (exact) mass is 411 g/mol. The number of fused-ring (bicyclic) bond motifs is 1. The maximum Gasteiger partial charge on any atom is 0.337 e. The predicted molar refractivity (Wildman–Crippen MR) is 109 cm³/mol. The summed E-state index contributed by atoms with van der Waals surface area (Å²) in [7, 11) is 0. The number of halogens is 1. The van der Waals surface area contributed by atoms with Crippen LogP contribution in [0.1, 0.15) is 5.56 Å². The van der Waals surface area contributed by atoms with Gasteiger partial charge in [0.2, 0.25) is 0 Å². The Morgan fingerprint density at radius 2 is 1.76 bits per heavy atom. The molecule has 1 aromatic carbocycles. The second kappa shape index (κ2) is 8.03. The van der Waals surface area contributed by atoms with Crippen LogP contribution in [0.3, 0.4) is 0 Å². The number of nitrogens with zero attached hydrogens (tertiary/aromatic N) is 5. The van der Waals surface area contributed by atoms with Crippen LogP contribution < -0.4 is 11.2 Å². The molecule has 0 bridgehead atoms. The topological polar surface area (TPSA) is 113 Å². The Morgan fingerprint density at radius 1 is 1.00 bits per heavy atom. The van der Waals surface area contributed by atoms with E-state index >= 15 is 0 Å². The Bertz CT molecular complexity index is 1320. The molecule has 9 nitrogen and oxygen atoms in total. The molecule has 3 heterocycles. The van der Waals surface area contributed by atoms with E-state index in [1.807, 2.05) is 0 Å². The molecule has 29 heavy (non-hydrogen) atoms. The van der Waals surface area contributed by atoms with Crippen LogP contribution >= 0.6 is 12.4 Å². The van der Waals surface area contributed by atoms with Crippen molar-refractivity contribution in [2.45, 2.75) is 6.54 Å². The average molecular weight is 412 g/mol. The molecule has 146 valence electrons. The van der Waals surface area contributed by atoms with E-state index in [2.05, 4.69) is 9.97 Å². The van der Waals surface area contributed by atoms with Crippen LogP contribution in [0.25, 0.3) is 16.7 Å². The summed E-state index contributed by atoms with van der Waals surface area (Å²) < 4.78 is 2.29. The molecular formula is C19H14ClN5O4. The highest BCUT2D eigenvalue weighted by molar-refractivity contribution is 5.85. The second-order valence-electron chi connectivity index (χ2n) is 6.02. The van der Waals surface area contributed by atoms with Crippen molar-refractivity contribution in [3.05, 3.63) is 104 Å². The second-order valence-corrected chi connectivity index (χ2v) is 6.02. The molecular weight excluding hydrogens is 398 g/mol. The van der Waals surface area contributed by atoms with E-state index in [0.717, 1.165) is 10.1 Å². The first-order valence-corrected chi connectivity index (χ1v) is 8.30. The molecule has 4 rings (SSSR count). The van der Waals surface area contributed by atoms with Gasteiger partial charge in [-0.05, 0) is 35.9 Å². The van der Waals surface area contributed by atoms with Crippen molar-refractivity contribution >= 4 is 29.1 Å². The summed E-state index contributed by atoms with van der Waals surface area (Å²) in [6, 6.07) is 12.2. The highest BCUT2D eigenvalue weighted by atomic mass is 35.5. The van der Waals surface area contributed by atoms with E-state index in [4.69, 9.17) is 0 Å². The molecule has 0 radical (unpaired) electrons. The lowest BCUT2D eigenvalue weighted by Gasteiger charge is -2.13. The standard InChI is InChI=1S/C19H13N5O4.ClH/c25-18-16-5-2-8-21-17(16)23(14-3-1-4-15(11-14)24(27)28)19(26)22(18)12-13-6-9-20-10-7-13;/h1-11H,12H2;1H. The maximum absolute atomic E-state index is 13.2.